The van der Waals surface area contributed by atoms with E-state index in [1.165, 1.54) is 6.07 Å². The summed E-state index contributed by atoms with van der Waals surface area (Å²) in [7, 11) is 0. The topological polar surface area (TPSA) is 76.9 Å². The Morgan fingerprint density at radius 3 is 2.64 bits per heavy atom. The molecule has 0 bridgehead atoms. The molecule has 0 unspecified atom stereocenters. The van der Waals surface area contributed by atoms with Crippen molar-refractivity contribution in [3.8, 4) is 11.3 Å². The van der Waals surface area contributed by atoms with Gasteiger partial charge < -0.3 is 5.32 Å². The molecule has 0 aliphatic carbocycles. The third-order valence-electron chi connectivity index (χ3n) is 3.57. The number of pyridine rings is 1. The van der Waals surface area contributed by atoms with Crippen molar-refractivity contribution in [2.45, 2.75) is 13.5 Å². The minimum absolute atomic E-state index is 0.198. The standard InChI is InChI=1S/C18H15ClN4O2/c1-12-3-2-10-20-18(12)21-16(24)11-23-17(25)9-8-15(22-23)13-4-6-14(19)7-5-13/h2-10H,11H2,1H3,(H,20,21,24). The fraction of sp³-hybridized carbons (Fsp3) is 0.111. The van der Waals surface area contributed by atoms with Crippen LogP contribution in [0.5, 0.6) is 0 Å². The summed E-state index contributed by atoms with van der Waals surface area (Å²) in [6.45, 7) is 1.64. The second-order valence-electron chi connectivity index (χ2n) is 5.44. The molecule has 7 heteroatoms. The molecule has 2 aromatic heterocycles. The zero-order chi connectivity index (χ0) is 17.8. The Balaban J connectivity index is 1.81. The Morgan fingerprint density at radius 2 is 1.92 bits per heavy atom. The molecular formula is C18H15ClN4O2. The van der Waals surface area contributed by atoms with Crippen LogP contribution in [-0.4, -0.2) is 20.7 Å². The van der Waals surface area contributed by atoms with E-state index < -0.39 is 0 Å². The molecule has 1 amide bonds. The van der Waals surface area contributed by atoms with Crippen molar-refractivity contribution < 1.29 is 4.79 Å². The van der Waals surface area contributed by atoms with E-state index in [9.17, 15) is 9.59 Å². The summed E-state index contributed by atoms with van der Waals surface area (Å²) in [5.74, 6) is 0.0964. The van der Waals surface area contributed by atoms with Crippen LogP contribution in [0, 0.1) is 6.92 Å². The Bertz CT molecular complexity index is 967. The Labute approximate surface area is 149 Å². The number of benzene rings is 1. The number of aryl methyl sites for hydroxylation is 1. The van der Waals surface area contributed by atoms with Crippen molar-refractivity contribution in [2.75, 3.05) is 5.32 Å². The van der Waals surface area contributed by atoms with Crippen LogP contribution in [0.15, 0.2) is 59.5 Å². The van der Waals surface area contributed by atoms with Gasteiger partial charge in [-0.2, -0.15) is 5.10 Å². The quantitative estimate of drug-likeness (QED) is 0.781. The Hall–Kier alpha value is -2.99. The average Bonchev–Trinajstić information content (AvgIpc) is 2.60. The molecular weight excluding hydrogens is 340 g/mol. The highest BCUT2D eigenvalue weighted by atomic mass is 35.5. The van der Waals surface area contributed by atoms with Gasteiger partial charge in [-0.3, -0.25) is 9.59 Å². The number of nitrogens with zero attached hydrogens (tertiary/aromatic N) is 3. The summed E-state index contributed by atoms with van der Waals surface area (Å²) < 4.78 is 1.12. The first-order valence-corrected chi connectivity index (χ1v) is 7.96. The van der Waals surface area contributed by atoms with E-state index in [1.54, 1.807) is 42.6 Å². The molecule has 0 aliphatic rings. The lowest BCUT2D eigenvalue weighted by Gasteiger charge is -2.09. The van der Waals surface area contributed by atoms with Crippen molar-refractivity contribution in [3.63, 3.8) is 0 Å². The number of anilines is 1. The molecule has 0 spiro atoms. The normalized spacial score (nSPS) is 10.5. The Morgan fingerprint density at radius 1 is 1.16 bits per heavy atom. The van der Waals surface area contributed by atoms with Gasteiger partial charge >= 0.3 is 0 Å². The van der Waals surface area contributed by atoms with Gasteiger partial charge in [0.2, 0.25) is 5.91 Å². The zero-order valence-electron chi connectivity index (χ0n) is 13.4. The highest BCUT2D eigenvalue weighted by Gasteiger charge is 2.10. The Kier molecular flexibility index (Phi) is 4.90. The van der Waals surface area contributed by atoms with Gasteiger partial charge in [0.25, 0.3) is 5.56 Å². The van der Waals surface area contributed by atoms with Crippen LogP contribution in [0.1, 0.15) is 5.56 Å². The number of rotatable bonds is 4. The van der Waals surface area contributed by atoms with E-state index in [0.29, 0.717) is 16.5 Å². The van der Waals surface area contributed by atoms with Crippen molar-refractivity contribution >= 4 is 23.3 Å². The SMILES string of the molecule is Cc1cccnc1NC(=O)Cn1nc(-c2ccc(Cl)cc2)ccc1=O. The molecule has 2 heterocycles. The molecule has 0 atom stereocenters. The van der Waals surface area contributed by atoms with E-state index >= 15 is 0 Å². The number of hydrogen-bond acceptors (Lipinski definition) is 4. The molecule has 1 aromatic carbocycles. The van der Waals surface area contributed by atoms with E-state index in [0.717, 1.165) is 15.8 Å². The number of hydrogen-bond donors (Lipinski definition) is 1. The molecule has 25 heavy (non-hydrogen) atoms. The van der Waals surface area contributed by atoms with Gasteiger partial charge in [0.15, 0.2) is 0 Å². The third-order valence-corrected chi connectivity index (χ3v) is 3.82. The lowest BCUT2D eigenvalue weighted by molar-refractivity contribution is -0.117. The van der Waals surface area contributed by atoms with Gasteiger partial charge in [0, 0.05) is 22.8 Å². The number of amides is 1. The predicted molar refractivity (Wildman–Crippen MR) is 96.5 cm³/mol. The minimum atomic E-state index is -0.371. The van der Waals surface area contributed by atoms with Gasteiger partial charge in [0.05, 0.1) is 5.69 Å². The van der Waals surface area contributed by atoms with Crippen LogP contribution in [0.25, 0.3) is 11.3 Å². The molecule has 3 rings (SSSR count). The highest BCUT2D eigenvalue weighted by Crippen LogP contribution is 2.18. The molecule has 1 N–H and O–H groups in total. The number of carbonyl (C=O) groups is 1. The lowest BCUT2D eigenvalue weighted by atomic mass is 10.1. The van der Waals surface area contributed by atoms with E-state index in [1.807, 2.05) is 13.0 Å². The van der Waals surface area contributed by atoms with Crippen LogP contribution in [-0.2, 0) is 11.3 Å². The van der Waals surface area contributed by atoms with Crippen LogP contribution >= 0.6 is 11.6 Å². The number of carbonyl (C=O) groups excluding carboxylic acids is 1. The van der Waals surface area contributed by atoms with Crippen LogP contribution in [0.2, 0.25) is 5.02 Å². The molecule has 0 aliphatic heterocycles. The fourth-order valence-corrected chi connectivity index (χ4v) is 2.39. The second kappa shape index (κ2) is 7.27. The van der Waals surface area contributed by atoms with Gasteiger partial charge in [-0.1, -0.05) is 29.8 Å². The lowest BCUT2D eigenvalue weighted by Crippen LogP contribution is -2.29. The van der Waals surface area contributed by atoms with E-state index in [4.69, 9.17) is 11.6 Å². The summed E-state index contributed by atoms with van der Waals surface area (Å²) in [6, 6.07) is 13.7. The predicted octanol–water partition coefficient (Wildman–Crippen LogP) is 2.91. The summed E-state index contributed by atoms with van der Waals surface area (Å²) in [5, 5.41) is 7.55. The third kappa shape index (κ3) is 4.10. The molecule has 0 fully saturated rings. The highest BCUT2D eigenvalue weighted by molar-refractivity contribution is 6.30. The second-order valence-corrected chi connectivity index (χ2v) is 5.87. The van der Waals surface area contributed by atoms with E-state index in [-0.39, 0.29) is 18.0 Å². The summed E-state index contributed by atoms with van der Waals surface area (Å²) in [4.78, 5) is 28.3. The molecule has 0 saturated carbocycles. The van der Waals surface area contributed by atoms with Crippen molar-refractivity contribution in [2.24, 2.45) is 0 Å². The minimum Gasteiger partial charge on any atom is -0.309 e. The van der Waals surface area contributed by atoms with Crippen molar-refractivity contribution in [1.82, 2.24) is 14.8 Å². The van der Waals surface area contributed by atoms with Crippen molar-refractivity contribution in [1.29, 1.82) is 0 Å². The summed E-state index contributed by atoms with van der Waals surface area (Å²) in [6.07, 6.45) is 1.59. The van der Waals surface area contributed by atoms with E-state index in [2.05, 4.69) is 15.4 Å². The smallest absolute Gasteiger partial charge is 0.267 e. The summed E-state index contributed by atoms with van der Waals surface area (Å²) in [5.41, 5.74) is 1.87. The molecule has 3 aromatic rings. The number of halogens is 1. The monoisotopic (exact) mass is 354 g/mol. The maximum atomic E-state index is 12.2. The first-order valence-electron chi connectivity index (χ1n) is 7.58. The largest absolute Gasteiger partial charge is 0.309 e. The average molecular weight is 355 g/mol. The van der Waals surface area contributed by atoms with Gasteiger partial charge in [-0.25, -0.2) is 9.67 Å². The van der Waals surface area contributed by atoms with Crippen molar-refractivity contribution in [3.05, 3.63) is 75.7 Å². The van der Waals surface area contributed by atoms with Gasteiger partial charge in [-0.05, 0) is 36.8 Å². The maximum absolute atomic E-state index is 12.2. The first-order chi connectivity index (χ1) is 12.0. The first kappa shape index (κ1) is 16.9. The molecule has 0 radical (unpaired) electrons. The zero-order valence-corrected chi connectivity index (χ0v) is 14.2. The molecule has 6 nitrogen and oxygen atoms in total. The number of aromatic nitrogens is 3. The maximum Gasteiger partial charge on any atom is 0.267 e. The van der Waals surface area contributed by atoms with Crippen LogP contribution < -0.4 is 10.9 Å². The van der Waals surface area contributed by atoms with Gasteiger partial charge in [-0.15, -0.1) is 0 Å². The van der Waals surface area contributed by atoms with Crippen LogP contribution in [0.4, 0.5) is 5.82 Å². The summed E-state index contributed by atoms with van der Waals surface area (Å²) >= 11 is 5.88. The van der Waals surface area contributed by atoms with Gasteiger partial charge in [0.1, 0.15) is 12.4 Å². The number of nitrogens with one attached hydrogen (secondary N) is 1. The molecule has 126 valence electrons. The van der Waals surface area contributed by atoms with Crippen LogP contribution in [0.3, 0.4) is 0 Å². The molecule has 0 saturated heterocycles. The fourth-order valence-electron chi connectivity index (χ4n) is 2.26.